The van der Waals surface area contributed by atoms with Gasteiger partial charge in [-0.1, -0.05) is 29.6 Å². The Morgan fingerprint density at radius 1 is 0.655 bits per heavy atom. The van der Waals surface area contributed by atoms with Gasteiger partial charge in [0.15, 0.2) is 0 Å². The van der Waals surface area contributed by atoms with E-state index in [1.165, 1.54) is 0 Å². The lowest BCUT2D eigenvalue weighted by Gasteiger charge is -2.08. The minimum absolute atomic E-state index is 0.0348. The molecule has 156 valence electrons. The monoisotopic (exact) mass is 444 g/mol. The van der Waals surface area contributed by atoms with Gasteiger partial charge in [0.05, 0.1) is 0 Å². The van der Waals surface area contributed by atoms with Crippen molar-refractivity contribution in [2.45, 2.75) is 32.1 Å². The first-order valence-corrected chi connectivity index (χ1v) is 9.27. The third kappa shape index (κ3) is 6.62. The zero-order valence-corrected chi connectivity index (χ0v) is 16.5. The summed E-state index contributed by atoms with van der Waals surface area (Å²) in [6.07, 6.45) is 1.56. The van der Waals surface area contributed by atoms with E-state index in [-0.39, 0.29) is 34.4 Å². The number of hydrogen-bond acceptors (Lipinski definition) is 8. The summed E-state index contributed by atoms with van der Waals surface area (Å²) in [6, 6.07) is 4.45. The van der Waals surface area contributed by atoms with Crippen LogP contribution in [0.25, 0.3) is 0 Å². The van der Waals surface area contributed by atoms with Gasteiger partial charge in [-0.2, -0.15) is 0 Å². The lowest BCUT2D eigenvalue weighted by Crippen LogP contribution is -2.09. The van der Waals surface area contributed by atoms with Crippen LogP contribution in [-0.4, -0.2) is 32.4 Å². The number of phenolic OH excluding ortho intramolecular Hbond substituents is 4. The van der Waals surface area contributed by atoms with Gasteiger partial charge in [0.2, 0.25) is 0 Å². The lowest BCUT2D eigenvalue weighted by atomic mass is 10.1. The molecule has 2 aromatic carbocycles. The molecule has 8 nitrogen and oxygen atoms in total. The molecule has 2 rings (SSSR count). The lowest BCUT2D eigenvalue weighted by molar-refractivity contribution is -0.134. The zero-order valence-electron chi connectivity index (χ0n) is 15.0. The van der Waals surface area contributed by atoms with E-state index < -0.39 is 34.9 Å². The Kier molecular flexibility index (Phi) is 7.81. The molecule has 29 heavy (non-hydrogen) atoms. The number of benzene rings is 2. The van der Waals surface area contributed by atoms with Crippen LogP contribution in [0.4, 0.5) is 0 Å². The Balaban J connectivity index is 1.69. The van der Waals surface area contributed by atoms with E-state index >= 15 is 0 Å². The van der Waals surface area contributed by atoms with Gasteiger partial charge < -0.3 is 29.9 Å². The molecule has 0 bridgehead atoms. The highest BCUT2D eigenvalue weighted by molar-refractivity contribution is 6.33. The molecular weight excluding hydrogens is 427 g/mol. The fourth-order valence-electron chi connectivity index (χ4n) is 2.34. The summed E-state index contributed by atoms with van der Waals surface area (Å²) in [7, 11) is 0. The summed E-state index contributed by atoms with van der Waals surface area (Å²) in [5, 5.41) is 37.4. The molecule has 0 aliphatic rings. The van der Waals surface area contributed by atoms with Gasteiger partial charge >= 0.3 is 11.9 Å². The van der Waals surface area contributed by atoms with E-state index in [9.17, 15) is 30.0 Å². The molecule has 0 atom stereocenters. The molecule has 4 N–H and O–H groups in total. The molecule has 0 unspecified atom stereocenters. The van der Waals surface area contributed by atoms with Crippen molar-refractivity contribution in [2.75, 3.05) is 0 Å². The highest BCUT2D eigenvalue weighted by atomic mass is 35.5. The number of aromatic hydroxyl groups is 4. The number of unbranched alkanes of at least 4 members (excludes halogenated alkanes) is 2. The van der Waals surface area contributed by atoms with Crippen LogP contribution in [0, 0.1) is 0 Å². The van der Waals surface area contributed by atoms with Crippen molar-refractivity contribution in [2.24, 2.45) is 0 Å². The first kappa shape index (κ1) is 22.4. The van der Waals surface area contributed by atoms with E-state index in [0.29, 0.717) is 19.3 Å². The van der Waals surface area contributed by atoms with Gasteiger partial charge in [-0.15, -0.1) is 0 Å². The van der Waals surface area contributed by atoms with Gasteiger partial charge in [-0.25, -0.2) is 0 Å². The summed E-state index contributed by atoms with van der Waals surface area (Å²) < 4.78 is 10.0. The van der Waals surface area contributed by atoms with Crippen LogP contribution >= 0.6 is 23.2 Å². The Labute approximate surface area is 175 Å². The summed E-state index contributed by atoms with van der Waals surface area (Å²) >= 11 is 11.2. The maximum absolute atomic E-state index is 11.8. The molecule has 0 amide bonds. The predicted octanol–water partition coefficient (Wildman–Crippen LogP) is 4.28. The molecule has 0 aliphatic carbocycles. The number of phenols is 4. The van der Waals surface area contributed by atoms with Crippen LogP contribution in [0.2, 0.25) is 10.0 Å². The van der Waals surface area contributed by atoms with Gasteiger partial charge in [-0.3, -0.25) is 9.59 Å². The minimum atomic E-state index is -0.569. The van der Waals surface area contributed by atoms with Crippen molar-refractivity contribution in [1.82, 2.24) is 0 Å². The molecule has 0 aliphatic heterocycles. The van der Waals surface area contributed by atoms with Crippen molar-refractivity contribution in [3.63, 3.8) is 0 Å². The number of halogens is 2. The van der Waals surface area contributed by atoms with E-state index in [1.54, 1.807) is 0 Å². The van der Waals surface area contributed by atoms with E-state index in [4.69, 9.17) is 32.7 Å². The normalized spacial score (nSPS) is 10.6. The molecule has 0 radical (unpaired) electrons. The van der Waals surface area contributed by atoms with Gasteiger partial charge in [-0.05, 0) is 12.8 Å². The molecular formula is C19H18Cl2O8. The number of esters is 2. The largest absolute Gasteiger partial charge is 0.506 e. The highest BCUT2D eigenvalue weighted by Gasteiger charge is 2.13. The summed E-state index contributed by atoms with van der Waals surface area (Å²) in [5.41, 5.74) is 0. The fraction of sp³-hybridized carbons (Fsp3) is 0.263. The van der Waals surface area contributed by atoms with Crippen molar-refractivity contribution in [1.29, 1.82) is 0 Å². The summed E-state index contributed by atoms with van der Waals surface area (Å²) in [5.74, 6) is -2.84. The average molecular weight is 445 g/mol. The first-order chi connectivity index (χ1) is 13.7. The van der Waals surface area contributed by atoms with Crippen LogP contribution in [-0.2, 0) is 9.59 Å². The van der Waals surface area contributed by atoms with Gasteiger partial charge in [0.25, 0.3) is 0 Å². The van der Waals surface area contributed by atoms with Crippen molar-refractivity contribution in [3.8, 4) is 34.5 Å². The third-order valence-corrected chi connectivity index (χ3v) is 4.52. The van der Waals surface area contributed by atoms with Gasteiger partial charge in [0, 0.05) is 37.1 Å². The molecule has 0 saturated heterocycles. The molecule has 0 aromatic heterocycles. The second-order valence-electron chi connectivity index (χ2n) is 6.06. The number of ether oxygens (including phenoxy) is 2. The summed E-state index contributed by atoms with van der Waals surface area (Å²) in [6.45, 7) is 0. The van der Waals surface area contributed by atoms with Crippen molar-refractivity contribution < 1.29 is 39.5 Å². The van der Waals surface area contributed by atoms with Crippen LogP contribution in [0.3, 0.4) is 0 Å². The molecule has 0 fully saturated rings. The van der Waals surface area contributed by atoms with Crippen LogP contribution in [0.5, 0.6) is 34.5 Å². The second-order valence-corrected chi connectivity index (χ2v) is 6.82. The van der Waals surface area contributed by atoms with Crippen molar-refractivity contribution in [3.05, 3.63) is 34.3 Å². The van der Waals surface area contributed by atoms with E-state index in [2.05, 4.69) is 0 Å². The number of carbonyl (C=O) groups excluding carboxylic acids is 2. The molecule has 2 aromatic rings. The quantitative estimate of drug-likeness (QED) is 0.269. The Morgan fingerprint density at radius 2 is 0.966 bits per heavy atom. The first-order valence-electron chi connectivity index (χ1n) is 8.51. The van der Waals surface area contributed by atoms with Crippen LogP contribution < -0.4 is 9.47 Å². The smallest absolute Gasteiger partial charge is 0.311 e. The molecule has 0 heterocycles. The number of carbonyl (C=O) groups is 2. The Bertz CT molecular complexity index is 794. The SMILES string of the molecule is O=C(CCCCCC(=O)Oc1cc(O)c(Cl)c(O)c1)Oc1cc(O)c(Cl)c(O)c1. The number of hydrogen-bond donors (Lipinski definition) is 4. The minimum Gasteiger partial charge on any atom is -0.506 e. The Morgan fingerprint density at radius 3 is 1.28 bits per heavy atom. The standard InChI is InChI=1S/C19H18Cl2O8/c20-18-12(22)6-10(7-13(18)23)28-16(26)4-2-1-3-5-17(27)29-11-8-14(24)19(21)15(25)9-11/h6-9,22-25H,1-5H2. The summed E-state index contributed by atoms with van der Waals surface area (Å²) in [4.78, 5) is 23.6. The number of rotatable bonds is 8. The Hall–Kier alpha value is -2.84. The molecule has 10 heteroatoms. The van der Waals surface area contributed by atoms with E-state index in [1.807, 2.05) is 0 Å². The predicted molar refractivity (Wildman–Crippen MR) is 104 cm³/mol. The average Bonchev–Trinajstić information content (AvgIpc) is 2.63. The van der Waals surface area contributed by atoms with Gasteiger partial charge in [0.1, 0.15) is 44.5 Å². The highest BCUT2D eigenvalue weighted by Crippen LogP contribution is 2.37. The van der Waals surface area contributed by atoms with Crippen molar-refractivity contribution >= 4 is 35.1 Å². The van der Waals surface area contributed by atoms with Crippen LogP contribution in [0.15, 0.2) is 24.3 Å². The maximum Gasteiger partial charge on any atom is 0.311 e. The van der Waals surface area contributed by atoms with E-state index in [0.717, 1.165) is 24.3 Å². The fourth-order valence-corrected chi connectivity index (χ4v) is 2.55. The molecule has 0 spiro atoms. The maximum atomic E-state index is 11.8. The second kappa shape index (κ2) is 10.1. The van der Waals surface area contributed by atoms with Crippen LogP contribution in [0.1, 0.15) is 32.1 Å². The zero-order chi connectivity index (χ0) is 21.6. The molecule has 0 saturated carbocycles. The third-order valence-electron chi connectivity index (χ3n) is 3.74. The topological polar surface area (TPSA) is 134 Å².